The topological polar surface area (TPSA) is 156 Å². The van der Waals surface area contributed by atoms with Gasteiger partial charge in [-0.1, -0.05) is 11.5 Å². The van der Waals surface area contributed by atoms with Crippen LogP contribution < -0.4 is 16.0 Å². The molecule has 13 heteroatoms. The first kappa shape index (κ1) is 27.5. The molecule has 0 saturated carbocycles. The summed E-state index contributed by atoms with van der Waals surface area (Å²) in [4.78, 5) is 25.9. The molecule has 2 rings (SSSR count). The van der Waals surface area contributed by atoms with E-state index in [-0.39, 0.29) is 24.0 Å². The van der Waals surface area contributed by atoms with Gasteiger partial charge in [-0.15, -0.1) is 0 Å². The molecule has 2 aliphatic heterocycles. The minimum atomic E-state index is -0.0594. The van der Waals surface area contributed by atoms with Crippen molar-refractivity contribution in [3.05, 3.63) is 10.4 Å². The van der Waals surface area contributed by atoms with Crippen molar-refractivity contribution >= 4 is 23.7 Å². The van der Waals surface area contributed by atoms with Crippen molar-refractivity contribution in [2.75, 3.05) is 71.7 Å². The van der Waals surface area contributed by atoms with Crippen LogP contribution in [0.1, 0.15) is 25.7 Å². The number of urea groups is 1. The van der Waals surface area contributed by atoms with Crippen LogP contribution in [-0.2, 0) is 23.7 Å². The molecule has 2 heterocycles. The van der Waals surface area contributed by atoms with Gasteiger partial charge in [-0.3, -0.25) is 4.79 Å². The third kappa shape index (κ3) is 12.3. The normalized spacial score (nSPS) is 21.2. The molecule has 0 aliphatic carbocycles. The zero-order chi connectivity index (χ0) is 23.6. The highest BCUT2D eigenvalue weighted by Gasteiger charge is 2.42. The molecular formula is C20H36N6O6S. The van der Waals surface area contributed by atoms with Crippen LogP contribution in [0.4, 0.5) is 4.79 Å². The van der Waals surface area contributed by atoms with Crippen LogP contribution in [0.2, 0.25) is 0 Å². The first-order valence-electron chi connectivity index (χ1n) is 11.5. The lowest BCUT2D eigenvalue weighted by molar-refractivity contribution is -0.121. The molecule has 2 aliphatic rings. The Hall–Kier alpha value is -1.76. The van der Waals surface area contributed by atoms with Gasteiger partial charge in [0.1, 0.15) is 0 Å². The van der Waals surface area contributed by atoms with Gasteiger partial charge in [0.25, 0.3) is 0 Å². The van der Waals surface area contributed by atoms with Gasteiger partial charge in [0.05, 0.1) is 64.9 Å². The van der Waals surface area contributed by atoms with Crippen LogP contribution in [-0.4, -0.2) is 101 Å². The maximum atomic E-state index is 11.9. The highest BCUT2D eigenvalue weighted by atomic mass is 32.2. The molecule has 0 aromatic rings. The van der Waals surface area contributed by atoms with E-state index in [4.69, 9.17) is 24.5 Å². The van der Waals surface area contributed by atoms with Gasteiger partial charge in [-0.2, -0.15) is 11.8 Å². The van der Waals surface area contributed by atoms with Crippen LogP contribution in [0.3, 0.4) is 0 Å². The van der Waals surface area contributed by atoms with E-state index in [2.05, 4.69) is 26.0 Å². The summed E-state index contributed by atoms with van der Waals surface area (Å²) in [5, 5.41) is 12.6. The fourth-order valence-corrected chi connectivity index (χ4v) is 5.08. The zero-order valence-electron chi connectivity index (χ0n) is 19.0. The summed E-state index contributed by atoms with van der Waals surface area (Å²) in [7, 11) is 0. The van der Waals surface area contributed by atoms with Gasteiger partial charge >= 0.3 is 6.03 Å². The number of hydrogen-bond acceptors (Lipinski definition) is 8. The molecule has 0 radical (unpaired) electrons. The first-order chi connectivity index (χ1) is 16.2. The number of thioether (sulfide) groups is 1. The molecule has 3 amide bonds. The summed E-state index contributed by atoms with van der Waals surface area (Å²) >= 11 is 1.90. The van der Waals surface area contributed by atoms with Crippen molar-refractivity contribution in [2.45, 2.75) is 43.0 Å². The van der Waals surface area contributed by atoms with E-state index >= 15 is 0 Å². The van der Waals surface area contributed by atoms with Crippen LogP contribution in [0, 0.1) is 0 Å². The van der Waals surface area contributed by atoms with Crippen molar-refractivity contribution in [2.24, 2.45) is 5.11 Å². The molecule has 3 N–H and O–H groups in total. The fourth-order valence-electron chi connectivity index (χ4n) is 3.54. The second-order valence-corrected chi connectivity index (χ2v) is 8.89. The van der Waals surface area contributed by atoms with Gasteiger partial charge < -0.3 is 34.9 Å². The largest absolute Gasteiger partial charge is 0.379 e. The van der Waals surface area contributed by atoms with Gasteiger partial charge in [-0.25, -0.2) is 4.79 Å². The molecule has 3 atom stereocenters. The molecular weight excluding hydrogens is 452 g/mol. The molecule has 0 aromatic carbocycles. The molecule has 188 valence electrons. The Bertz CT molecular complexity index is 624. The highest BCUT2D eigenvalue weighted by Crippen LogP contribution is 2.33. The Morgan fingerprint density at radius 1 is 1.03 bits per heavy atom. The summed E-state index contributed by atoms with van der Waals surface area (Å²) in [5.74, 6) is 1.01. The SMILES string of the molecule is [N-]=[N+]=NCCOCCOCCOCCOCCNC(=O)CCCC[C@H]1SC[C@H]2NC(=O)N[C@H]21. The lowest BCUT2D eigenvalue weighted by Crippen LogP contribution is -2.36. The summed E-state index contributed by atoms with van der Waals surface area (Å²) in [5.41, 5.74) is 8.11. The number of nitrogens with one attached hydrogen (secondary N) is 3. The van der Waals surface area contributed by atoms with Crippen molar-refractivity contribution in [1.82, 2.24) is 16.0 Å². The summed E-state index contributed by atoms with van der Waals surface area (Å²) in [6.07, 6.45) is 3.35. The maximum absolute atomic E-state index is 11.9. The molecule has 33 heavy (non-hydrogen) atoms. The van der Waals surface area contributed by atoms with Crippen molar-refractivity contribution < 1.29 is 28.5 Å². The number of rotatable bonds is 20. The van der Waals surface area contributed by atoms with Gasteiger partial charge in [0.2, 0.25) is 5.91 Å². The van der Waals surface area contributed by atoms with Crippen LogP contribution in [0.5, 0.6) is 0 Å². The number of carbonyl (C=O) groups excluding carboxylic acids is 2. The van der Waals surface area contributed by atoms with E-state index in [0.717, 1.165) is 25.0 Å². The summed E-state index contributed by atoms with van der Waals surface area (Å²) in [6.45, 7) is 4.45. The average Bonchev–Trinajstić information content (AvgIpc) is 3.35. The number of fused-ring (bicyclic) bond motifs is 1. The minimum absolute atomic E-state index is 0.0431. The van der Waals surface area contributed by atoms with E-state index in [9.17, 15) is 9.59 Å². The lowest BCUT2D eigenvalue weighted by Gasteiger charge is -2.16. The summed E-state index contributed by atoms with van der Waals surface area (Å²) < 4.78 is 21.4. The number of nitrogens with zero attached hydrogens (tertiary/aromatic N) is 3. The molecule has 0 aromatic heterocycles. The lowest BCUT2D eigenvalue weighted by atomic mass is 10.0. The maximum Gasteiger partial charge on any atom is 0.315 e. The molecule has 0 bridgehead atoms. The van der Waals surface area contributed by atoms with Crippen LogP contribution in [0.15, 0.2) is 5.11 Å². The van der Waals surface area contributed by atoms with Crippen LogP contribution in [0.25, 0.3) is 10.4 Å². The number of amides is 3. The second-order valence-electron chi connectivity index (χ2n) is 7.62. The van der Waals surface area contributed by atoms with Gasteiger partial charge in [-0.05, 0) is 18.4 Å². The van der Waals surface area contributed by atoms with Crippen molar-refractivity contribution in [3.8, 4) is 0 Å². The number of hydrogen-bond donors (Lipinski definition) is 3. The van der Waals surface area contributed by atoms with Crippen molar-refractivity contribution in [1.29, 1.82) is 0 Å². The number of azide groups is 1. The Morgan fingerprint density at radius 2 is 1.70 bits per heavy atom. The highest BCUT2D eigenvalue weighted by molar-refractivity contribution is 8.00. The van der Waals surface area contributed by atoms with Crippen LogP contribution >= 0.6 is 11.8 Å². The van der Waals surface area contributed by atoms with E-state index in [1.54, 1.807) is 0 Å². The second kappa shape index (κ2) is 17.7. The molecule has 2 fully saturated rings. The van der Waals surface area contributed by atoms with Gasteiger partial charge in [0, 0.05) is 35.4 Å². The zero-order valence-corrected chi connectivity index (χ0v) is 19.9. The molecule has 0 unspecified atom stereocenters. The Labute approximate surface area is 198 Å². The predicted molar refractivity (Wildman–Crippen MR) is 124 cm³/mol. The Kier molecular flexibility index (Phi) is 14.7. The third-order valence-corrected chi connectivity index (χ3v) is 6.67. The Balaban J connectivity index is 1.28. The average molecular weight is 489 g/mol. The van der Waals surface area contributed by atoms with E-state index in [1.165, 1.54) is 0 Å². The third-order valence-electron chi connectivity index (χ3n) is 5.16. The standard InChI is InChI=1S/C20H36N6O6S/c21-26-23-6-8-30-10-12-32-14-13-31-11-9-29-7-5-22-18(27)4-2-1-3-17-19-16(15-33-17)24-20(28)25-19/h16-17,19H,1-15H2,(H,22,27)(H2,24,25,28)/t16-,17-,19-/m1/s1. The fraction of sp³-hybridized carbons (Fsp3) is 0.900. The van der Waals surface area contributed by atoms with E-state index < -0.39 is 0 Å². The number of ether oxygens (including phenoxy) is 4. The van der Waals surface area contributed by atoms with Crippen molar-refractivity contribution in [3.63, 3.8) is 0 Å². The molecule has 0 spiro atoms. The Morgan fingerprint density at radius 3 is 2.39 bits per heavy atom. The smallest absolute Gasteiger partial charge is 0.315 e. The minimum Gasteiger partial charge on any atom is -0.379 e. The number of carbonyl (C=O) groups is 2. The summed E-state index contributed by atoms with van der Waals surface area (Å²) in [6, 6.07) is 0.422. The van der Waals surface area contributed by atoms with E-state index in [1.807, 2.05) is 11.8 Å². The molecule has 2 saturated heterocycles. The molecule has 12 nitrogen and oxygen atoms in total. The predicted octanol–water partition coefficient (Wildman–Crippen LogP) is 1.21. The quantitative estimate of drug-likeness (QED) is 0.0764. The first-order valence-corrected chi connectivity index (χ1v) is 12.5. The van der Waals surface area contributed by atoms with E-state index in [0.29, 0.717) is 77.6 Å². The number of unbranched alkanes of at least 4 members (excludes halogenated alkanes) is 1. The van der Waals surface area contributed by atoms with Gasteiger partial charge in [0.15, 0.2) is 0 Å². The monoisotopic (exact) mass is 488 g/mol.